The molecule has 0 saturated heterocycles. The van der Waals surface area contributed by atoms with Crippen molar-refractivity contribution in [1.82, 2.24) is 9.97 Å². The standard InChI is InChI=1S/C25H20NO.C17H22GeN.Ir/c1-16(2)12-17-10-11-26-23(13-17)21-9-5-8-20-22-14-18-6-3-4-7-19(18)15-24(22)27-25(20)21;1-13(2)15-11-17(14-9-7-6-8-10-14)19-12-16(15)18(3,4)5;/h3-8,10-11,13-16H,12H2,1-2H3;6-9,11-13H,1-5H3;/q2*-1;/i10D,11D,12D2;13D;. The third-order valence-electron chi connectivity index (χ3n) is 7.88. The number of fused-ring (bicyclic) bond motifs is 4. The minimum atomic E-state index is -2.03. The zero-order valence-corrected chi connectivity index (χ0v) is 32.4. The van der Waals surface area contributed by atoms with E-state index >= 15 is 0 Å². The maximum Gasteiger partial charge on any atom is 0.121 e. The van der Waals surface area contributed by atoms with Crippen LogP contribution in [0.5, 0.6) is 0 Å². The van der Waals surface area contributed by atoms with Gasteiger partial charge in [0.2, 0.25) is 0 Å². The molecule has 0 fully saturated rings. The van der Waals surface area contributed by atoms with Gasteiger partial charge in [-0.25, -0.2) is 0 Å². The van der Waals surface area contributed by atoms with E-state index in [1.165, 1.54) is 4.40 Å². The molecule has 4 aromatic carbocycles. The number of aromatic nitrogens is 2. The van der Waals surface area contributed by atoms with Crippen LogP contribution in [0.1, 0.15) is 51.6 Å². The average Bonchev–Trinajstić information content (AvgIpc) is 3.45. The van der Waals surface area contributed by atoms with Gasteiger partial charge in [0.1, 0.15) is 5.58 Å². The summed E-state index contributed by atoms with van der Waals surface area (Å²) >= 11 is -2.03. The zero-order chi connectivity index (χ0) is 36.9. The Kier molecular flexibility index (Phi) is 8.89. The summed E-state index contributed by atoms with van der Waals surface area (Å²) in [5, 5.41) is 4.08. The molecule has 3 heterocycles. The molecule has 1 radical (unpaired) electrons. The number of furan rings is 1. The van der Waals surface area contributed by atoms with Gasteiger partial charge in [-0.1, -0.05) is 60.7 Å². The second-order valence-electron chi connectivity index (χ2n) is 13.1. The van der Waals surface area contributed by atoms with Gasteiger partial charge in [-0.2, -0.15) is 0 Å². The Labute approximate surface area is 302 Å². The van der Waals surface area contributed by atoms with Gasteiger partial charge in [0, 0.05) is 34.4 Å². The summed E-state index contributed by atoms with van der Waals surface area (Å²) in [5.74, 6) is 6.09. The van der Waals surface area contributed by atoms with E-state index in [0.717, 1.165) is 43.9 Å². The summed E-state index contributed by atoms with van der Waals surface area (Å²) in [6.07, 6.45) is -0.0180. The van der Waals surface area contributed by atoms with Crippen LogP contribution in [0.2, 0.25) is 17.3 Å². The topological polar surface area (TPSA) is 38.9 Å². The minimum Gasteiger partial charge on any atom is -0.501 e. The smallest absolute Gasteiger partial charge is 0.121 e. The van der Waals surface area contributed by atoms with Crippen LogP contribution in [-0.2, 0) is 26.5 Å². The molecule has 0 unspecified atom stereocenters. The molecule has 241 valence electrons. The quantitative estimate of drug-likeness (QED) is 0.124. The van der Waals surface area contributed by atoms with Crippen molar-refractivity contribution in [3.05, 3.63) is 127 Å². The molecule has 0 aliphatic heterocycles. The van der Waals surface area contributed by atoms with Crippen molar-refractivity contribution in [3.63, 3.8) is 0 Å². The number of nitrogens with zero attached hydrogens (tertiary/aromatic N) is 2. The molecule has 0 spiro atoms. The molecule has 0 atom stereocenters. The molecular weight excluding hydrogens is 813 g/mol. The molecule has 0 bridgehead atoms. The Bertz CT molecular complexity index is 2380. The average molecular weight is 861 g/mol. The molecule has 0 aliphatic carbocycles. The molecule has 3 aromatic heterocycles. The maximum absolute atomic E-state index is 8.45. The molecule has 0 saturated carbocycles. The van der Waals surface area contributed by atoms with Crippen molar-refractivity contribution in [2.24, 2.45) is 5.92 Å². The Morgan fingerprint density at radius 1 is 0.851 bits per heavy atom. The van der Waals surface area contributed by atoms with Gasteiger partial charge in [0.25, 0.3) is 0 Å². The van der Waals surface area contributed by atoms with Gasteiger partial charge in [-0.3, -0.25) is 0 Å². The summed E-state index contributed by atoms with van der Waals surface area (Å²) < 4.78 is 49.3. The molecule has 3 nitrogen and oxygen atoms in total. The van der Waals surface area contributed by atoms with Gasteiger partial charge < -0.3 is 9.40 Å². The number of hydrogen-bond donors (Lipinski definition) is 0. The third-order valence-corrected chi connectivity index (χ3v) is 12.1. The van der Waals surface area contributed by atoms with E-state index in [0.29, 0.717) is 16.8 Å². The molecule has 5 heteroatoms. The second-order valence-corrected chi connectivity index (χ2v) is 23.7. The van der Waals surface area contributed by atoms with Crippen molar-refractivity contribution in [2.45, 2.75) is 57.2 Å². The van der Waals surface area contributed by atoms with Crippen LogP contribution in [0.3, 0.4) is 0 Å². The fourth-order valence-corrected chi connectivity index (χ4v) is 8.97. The summed E-state index contributed by atoms with van der Waals surface area (Å²) in [6, 6.07) is 33.6. The first kappa shape index (κ1) is 28.4. The van der Waals surface area contributed by atoms with E-state index < -0.39 is 25.5 Å². The molecular formula is C42H42GeIrN2O-2. The van der Waals surface area contributed by atoms with Crippen molar-refractivity contribution >= 4 is 50.4 Å². The SMILES string of the molecule is [2H]C(C)(C)c1cc(-c2[c-]cccc2)nc[c]1[Ge]([CH3])([CH3])[CH3].[2H]c1nc(-c2[c-]ccc3c2oc2cc4ccccc4cc23)cc(C([2H])([2H])C(C)C)c1[2H].[Ir]. The van der Waals surface area contributed by atoms with Crippen LogP contribution in [0, 0.1) is 18.1 Å². The van der Waals surface area contributed by atoms with Crippen molar-refractivity contribution in [3.8, 4) is 22.5 Å². The normalized spacial score (nSPS) is 13.7. The number of pyridine rings is 2. The Balaban J connectivity index is 0.000000217. The van der Waals surface area contributed by atoms with Gasteiger partial charge in [0.15, 0.2) is 0 Å². The fourth-order valence-electron chi connectivity index (χ4n) is 5.65. The van der Waals surface area contributed by atoms with Gasteiger partial charge in [0.05, 0.1) is 8.32 Å². The fraction of sp³-hybridized carbons (Fsp3) is 0.238. The summed E-state index contributed by atoms with van der Waals surface area (Å²) in [4.78, 5) is 8.89. The van der Waals surface area contributed by atoms with Gasteiger partial charge in [-0.05, 0) is 46.9 Å². The van der Waals surface area contributed by atoms with Crippen LogP contribution in [-0.4, -0.2) is 23.2 Å². The molecule has 0 amide bonds. The Morgan fingerprint density at radius 3 is 2.28 bits per heavy atom. The first-order valence-electron chi connectivity index (χ1n) is 18.2. The van der Waals surface area contributed by atoms with E-state index in [-0.39, 0.29) is 43.8 Å². The van der Waals surface area contributed by atoms with Crippen LogP contribution >= 0.6 is 0 Å². The number of benzene rings is 4. The predicted molar refractivity (Wildman–Crippen MR) is 197 cm³/mol. The van der Waals surface area contributed by atoms with E-state index in [1.54, 1.807) is 26.0 Å². The summed E-state index contributed by atoms with van der Waals surface area (Å²) in [5.41, 5.74) is 5.46. The van der Waals surface area contributed by atoms with Gasteiger partial charge in [-0.15, -0.1) is 18.2 Å². The first-order chi connectivity index (χ1) is 24.0. The van der Waals surface area contributed by atoms with Crippen molar-refractivity contribution in [1.29, 1.82) is 0 Å². The van der Waals surface area contributed by atoms with Crippen LogP contribution in [0.25, 0.3) is 55.2 Å². The number of hydrogen-bond acceptors (Lipinski definition) is 3. The van der Waals surface area contributed by atoms with E-state index in [1.807, 2.05) is 74.6 Å². The van der Waals surface area contributed by atoms with E-state index in [2.05, 4.69) is 57.6 Å². The van der Waals surface area contributed by atoms with E-state index in [4.69, 9.17) is 11.3 Å². The van der Waals surface area contributed by atoms with Crippen LogP contribution in [0.4, 0.5) is 0 Å². The summed E-state index contributed by atoms with van der Waals surface area (Å²) in [7, 11) is 0. The molecule has 0 aliphatic rings. The number of rotatable bonds is 6. The van der Waals surface area contributed by atoms with Crippen molar-refractivity contribution in [2.75, 3.05) is 0 Å². The van der Waals surface area contributed by atoms with E-state index in [9.17, 15) is 0 Å². The van der Waals surface area contributed by atoms with Gasteiger partial charge >= 0.3 is 120 Å². The van der Waals surface area contributed by atoms with Crippen molar-refractivity contribution < 1.29 is 31.4 Å². The predicted octanol–water partition coefficient (Wildman–Crippen LogP) is 11.0. The molecule has 0 N–H and O–H groups in total. The zero-order valence-electron chi connectivity index (χ0n) is 32.9. The molecule has 47 heavy (non-hydrogen) atoms. The largest absolute Gasteiger partial charge is 0.501 e. The minimum absolute atomic E-state index is 0. The second kappa shape index (κ2) is 14.7. The Hall–Kier alpha value is -3.57. The monoisotopic (exact) mass is 862 g/mol. The van der Waals surface area contributed by atoms with Crippen LogP contribution < -0.4 is 4.40 Å². The van der Waals surface area contributed by atoms with Crippen LogP contribution in [0.15, 0.2) is 108 Å². The third kappa shape index (κ3) is 7.78. The summed E-state index contributed by atoms with van der Waals surface area (Å²) in [6.45, 7) is 7.44. The maximum atomic E-state index is 8.45. The molecule has 7 aromatic rings. The Morgan fingerprint density at radius 2 is 1.60 bits per heavy atom. The first-order valence-corrected chi connectivity index (χ1v) is 23.0. The molecule has 7 rings (SSSR count).